The van der Waals surface area contributed by atoms with Crippen LogP contribution in [0, 0.1) is 0 Å². The molecule has 0 radical (unpaired) electrons. The Bertz CT molecular complexity index is 1430. The van der Waals surface area contributed by atoms with Gasteiger partial charge in [0.25, 0.3) is 5.91 Å². The molecule has 13 nitrogen and oxygen atoms in total. The lowest BCUT2D eigenvalue weighted by atomic mass is 10.2. The van der Waals surface area contributed by atoms with Crippen LogP contribution >= 0.6 is 11.6 Å². The van der Waals surface area contributed by atoms with E-state index in [0.29, 0.717) is 45.7 Å². The maximum absolute atomic E-state index is 12.2. The SMILES string of the molecule is CONC(=O)[C@@H]1C[C@@H](O)[C@H](n2cnc3c(NCc4cc(OC)ccn4)nc(-c4cncc(Cl)c4)nc32)O1. The van der Waals surface area contributed by atoms with Gasteiger partial charge >= 0.3 is 0 Å². The van der Waals surface area contributed by atoms with Crippen molar-refractivity contribution in [3.8, 4) is 17.1 Å². The van der Waals surface area contributed by atoms with Crippen LogP contribution in [0.3, 0.4) is 0 Å². The minimum Gasteiger partial charge on any atom is -0.497 e. The molecule has 3 atom stereocenters. The van der Waals surface area contributed by atoms with Crippen LogP contribution in [-0.2, 0) is 20.9 Å². The van der Waals surface area contributed by atoms with Crippen molar-refractivity contribution in [3.05, 3.63) is 53.8 Å². The number of carbonyl (C=O) groups is 1. The van der Waals surface area contributed by atoms with Gasteiger partial charge in [0, 0.05) is 36.6 Å². The number of aliphatic hydroxyl groups excluding tert-OH is 1. The molecule has 4 aromatic heterocycles. The van der Waals surface area contributed by atoms with E-state index in [0.717, 1.165) is 5.69 Å². The number of nitrogens with zero attached hydrogens (tertiary/aromatic N) is 6. The van der Waals surface area contributed by atoms with Crippen molar-refractivity contribution in [2.75, 3.05) is 19.5 Å². The number of anilines is 1. The topological polar surface area (TPSA) is 158 Å². The molecule has 3 N–H and O–H groups in total. The Labute approximate surface area is 215 Å². The van der Waals surface area contributed by atoms with E-state index >= 15 is 0 Å². The summed E-state index contributed by atoms with van der Waals surface area (Å²) in [5.74, 6) is 0.923. The van der Waals surface area contributed by atoms with E-state index in [4.69, 9.17) is 21.1 Å². The molecule has 0 spiro atoms. The summed E-state index contributed by atoms with van der Waals surface area (Å²) < 4.78 is 12.7. The van der Waals surface area contributed by atoms with E-state index < -0.39 is 24.3 Å². The maximum Gasteiger partial charge on any atom is 0.272 e. The van der Waals surface area contributed by atoms with Crippen LogP contribution in [0.1, 0.15) is 18.3 Å². The minimum atomic E-state index is -0.992. The molecule has 0 aliphatic carbocycles. The van der Waals surface area contributed by atoms with Crippen molar-refractivity contribution in [2.45, 2.75) is 31.4 Å². The van der Waals surface area contributed by atoms with Crippen LogP contribution in [0.25, 0.3) is 22.6 Å². The summed E-state index contributed by atoms with van der Waals surface area (Å²) >= 11 is 6.15. The van der Waals surface area contributed by atoms with E-state index in [1.54, 1.807) is 42.3 Å². The summed E-state index contributed by atoms with van der Waals surface area (Å²) in [5.41, 5.74) is 4.34. The highest BCUT2D eigenvalue weighted by Crippen LogP contribution is 2.33. The fraction of sp³-hybridized carbons (Fsp3) is 0.304. The van der Waals surface area contributed by atoms with Crippen molar-refractivity contribution in [1.29, 1.82) is 0 Å². The van der Waals surface area contributed by atoms with Crippen molar-refractivity contribution in [3.63, 3.8) is 0 Å². The normalized spacial score (nSPS) is 19.2. The predicted molar refractivity (Wildman–Crippen MR) is 131 cm³/mol. The summed E-state index contributed by atoms with van der Waals surface area (Å²) in [7, 11) is 2.91. The highest BCUT2D eigenvalue weighted by atomic mass is 35.5. The summed E-state index contributed by atoms with van der Waals surface area (Å²) in [6, 6.07) is 5.25. The number of methoxy groups -OCH3 is 1. The summed E-state index contributed by atoms with van der Waals surface area (Å²) in [5, 5.41) is 14.4. The molecule has 0 aromatic carbocycles. The Morgan fingerprint density at radius 1 is 1.27 bits per heavy atom. The average Bonchev–Trinajstić information content (AvgIpc) is 3.50. The minimum absolute atomic E-state index is 0.0717. The number of ether oxygens (including phenoxy) is 2. The smallest absolute Gasteiger partial charge is 0.272 e. The Hall–Kier alpha value is -3.91. The molecular weight excluding hydrogens is 504 g/mol. The van der Waals surface area contributed by atoms with Gasteiger partial charge in [0.05, 0.1) is 37.8 Å². The van der Waals surface area contributed by atoms with Gasteiger partial charge in [-0.1, -0.05) is 11.6 Å². The number of aliphatic hydroxyl groups is 1. The van der Waals surface area contributed by atoms with Gasteiger partial charge in [-0.3, -0.25) is 24.2 Å². The monoisotopic (exact) mass is 526 g/mol. The first kappa shape index (κ1) is 24.8. The molecule has 1 fully saturated rings. The molecule has 1 saturated heterocycles. The number of aromatic nitrogens is 6. The first-order valence-electron chi connectivity index (χ1n) is 11.2. The highest BCUT2D eigenvalue weighted by molar-refractivity contribution is 6.30. The number of halogens is 1. The maximum atomic E-state index is 12.2. The lowest BCUT2D eigenvalue weighted by molar-refractivity contribution is -0.145. The highest BCUT2D eigenvalue weighted by Gasteiger charge is 2.40. The number of hydroxylamine groups is 1. The molecule has 192 valence electrons. The number of rotatable bonds is 8. The molecule has 0 unspecified atom stereocenters. The lowest BCUT2D eigenvalue weighted by Gasteiger charge is -2.17. The second kappa shape index (κ2) is 10.6. The van der Waals surface area contributed by atoms with Gasteiger partial charge in [-0.05, 0) is 12.1 Å². The number of amides is 1. The molecular formula is C23H23ClN8O5. The number of nitrogens with one attached hydrogen (secondary N) is 2. The summed E-state index contributed by atoms with van der Waals surface area (Å²) in [4.78, 5) is 39.2. The molecule has 5 rings (SSSR count). The molecule has 0 bridgehead atoms. The molecule has 1 aliphatic heterocycles. The van der Waals surface area contributed by atoms with Crippen LogP contribution in [0.2, 0.25) is 5.02 Å². The zero-order valence-electron chi connectivity index (χ0n) is 19.8. The van der Waals surface area contributed by atoms with Gasteiger partial charge in [-0.2, -0.15) is 0 Å². The van der Waals surface area contributed by atoms with E-state index in [2.05, 4.69) is 40.6 Å². The molecule has 1 aliphatic rings. The number of hydrogen-bond acceptors (Lipinski definition) is 11. The van der Waals surface area contributed by atoms with Gasteiger partial charge in [0.1, 0.15) is 18.0 Å². The fourth-order valence-corrected chi connectivity index (χ4v) is 4.15. The van der Waals surface area contributed by atoms with Crippen LogP contribution in [-0.4, -0.2) is 66.9 Å². The van der Waals surface area contributed by atoms with Crippen LogP contribution < -0.4 is 15.5 Å². The fourth-order valence-electron chi connectivity index (χ4n) is 3.98. The number of imidazole rings is 1. The Kier molecular flexibility index (Phi) is 7.10. The molecule has 4 aromatic rings. The first-order valence-corrected chi connectivity index (χ1v) is 11.6. The largest absolute Gasteiger partial charge is 0.497 e. The van der Waals surface area contributed by atoms with Gasteiger partial charge in [-0.25, -0.2) is 20.4 Å². The van der Waals surface area contributed by atoms with Gasteiger partial charge in [0.2, 0.25) is 0 Å². The van der Waals surface area contributed by atoms with Crippen molar-refractivity contribution in [2.24, 2.45) is 0 Å². The number of carbonyl (C=O) groups excluding carboxylic acids is 1. The van der Waals surface area contributed by atoms with E-state index in [1.807, 2.05) is 0 Å². The van der Waals surface area contributed by atoms with Gasteiger partial charge in [-0.15, -0.1) is 0 Å². The second-order valence-electron chi connectivity index (χ2n) is 8.14. The number of hydrogen-bond donors (Lipinski definition) is 3. The third-order valence-electron chi connectivity index (χ3n) is 5.70. The predicted octanol–water partition coefficient (Wildman–Crippen LogP) is 1.88. The molecule has 14 heteroatoms. The third kappa shape index (κ3) is 5.15. The summed E-state index contributed by atoms with van der Waals surface area (Å²) in [6.07, 6.45) is 3.49. The zero-order chi connectivity index (χ0) is 25.9. The summed E-state index contributed by atoms with van der Waals surface area (Å²) in [6.45, 7) is 0.325. The van der Waals surface area contributed by atoms with E-state index in [-0.39, 0.29) is 6.42 Å². The molecule has 0 saturated carbocycles. The lowest BCUT2D eigenvalue weighted by Crippen LogP contribution is -2.33. The van der Waals surface area contributed by atoms with Crippen molar-refractivity contribution < 1.29 is 24.2 Å². The Morgan fingerprint density at radius 3 is 2.92 bits per heavy atom. The molecule has 5 heterocycles. The van der Waals surface area contributed by atoms with Gasteiger partial charge < -0.3 is 19.9 Å². The number of fused-ring (bicyclic) bond motifs is 1. The zero-order valence-corrected chi connectivity index (χ0v) is 20.6. The Balaban J connectivity index is 1.53. The second-order valence-corrected chi connectivity index (χ2v) is 8.58. The van der Waals surface area contributed by atoms with Crippen molar-refractivity contribution >= 4 is 34.5 Å². The van der Waals surface area contributed by atoms with E-state index in [1.165, 1.54) is 19.6 Å². The van der Waals surface area contributed by atoms with E-state index in [9.17, 15) is 9.90 Å². The third-order valence-corrected chi connectivity index (χ3v) is 5.91. The Morgan fingerprint density at radius 2 is 2.14 bits per heavy atom. The molecule has 1 amide bonds. The van der Waals surface area contributed by atoms with Gasteiger partial charge in [0.15, 0.2) is 29.0 Å². The van der Waals surface area contributed by atoms with Crippen LogP contribution in [0.4, 0.5) is 5.82 Å². The van der Waals surface area contributed by atoms with Crippen LogP contribution in [0.5, 0.6) is 5.75 Å². The standard InChI is InChI=1S/C23H23ClN8O5/c1-35-15-3-4-26-14(6-15)10-27-20-18-21(30-19(29-20)12-5-13(24)9-25-8-12)32(11-28-18)23-16(33)7-17(37-23)22(34)31-36-2/h3-6,8-9,11,16-17,23,33H,7,10H2,1-2H3,(H,31,34)(H,27,29,30)/t16-,17+,23-/m1/s1. The van der Waals surface area contributed by atoms with Crippen LogP contribution in [0.15, 0.2) is 43.1 Å². The quantitative estimate of drug-likeness (QED) is 0.288. The average molecular weight is 527 g/mol. The van der Waals surface area contributed by atoms with Crippen molar-refractivity contribution in [1.82, 2.24) is 35.0 Å². The number of pyridine rings is 2. The first-order chi connectivity index (χ1) is 18.0. The molecule has 37 heavy (non-hydrogen) atoms.